The van der Waals surface area contributed by atoms with Crippen molar-refractivity contribution >= 4 is 53.0 Å². The predicted octanol–water partition coefficient (Wildman–Crippen LogP) is -1.18. The largest absolute Gasteiger partial charge is 0.480 e. The highest BCUT2D eigenvalue weighted by Gasteiger charge is 2.31. The topological polar surface area (TPSA) is 214 Å². The fraction of sp³-hybridized carbons (Fsp3) is 0.400. The molecule has 0 unspecified atom stereocenters. The number of carboxylic acids is 1. The molecule has 0 aromatic heterocycles. The monoisotopic (exact) mass is 547 g/mol. The summed E-state index contributed by atoms with van der Waals surface area (Å²) >= 11 is 3.95. The zero-order chi connectivity index (χ0) is 28.4. The molecule has 0 radical (unpaired) electrons. The molecule has 4 amide bonds. The number of rotatable bonds is 14. The lowest BCUT2D eigenvalue weighted by Crippen LogP contribution is -2.58. The molecule has 0 spiro atoms. The first-order chi connectivity index (χ1) is 17.9. The number of benzene rings is 2. The van der Waals surface area contributed by atoms with Crippen LogP contribution in [0.3, 0.4) is 0 Å². The Labute approximate surface area is 224 Å². The number of carbonyl (C=O) groups excluding carboxylic acids is 4. The Morgan fingerprint density at radius 3 is 2.05 bits per heavy atom. The zero-order valence-electron chi connectivity index (χ0n) is 20.8. The van der Waals surface area contributed by atoms with Crippen LogP contribution in [0.5, 0.6) is 0 Å². The molecule has 0 fully saturated rings. The van der Waals surface area contributed by atoms with E-state index in [-0.39, 0.29) is 25.0 Å². The van der Waals surface area contributed by atoms with Crippen molar-refractivity contribution in [1.29, 1.82) is 0 Å². The van der Waals surface area contributed by atoms with Crippen molar-refractivity contribution in [3.05, 3.63) is 48.0 Å². The van der Waals surface area contributed by atoms with Gasteiger partial charge in [0, 0.05) is 18.6 Å². The van der Waals surface area contributed by atoms with Crippen molar-refractivity contribution in [2.75, 3.05) is 5.75 Å². The number of amides is 4. The van der Waals surface area contributed by atoms with Crippen LogP contribution in [-0.4, -0.2) is 75.8 Å². The van der Waals surface area contributed by atoms with Gasteiger partial charge in [-0.1, -0.05) is 42.5 Å². The average molecular weight is 548 g/mol. The summed E-state index contributed by atoms with van der Waals surface area (Å²) in [6.07, 6.45) is -1.68. The van der Waals surface area contributed by atoms with Gasteiger partial charge in [-0.05, 0) is 29.7 Å². The van der Waals surface area contributed by atoms with Crippen molar-refractivity contribution < 1.29 is 34.2 Å². The molecule has 0 saturated heterocycles. The Morgan fingerprint density at radius 2 is 1.47 bits per heavy atom. The molecule has 2 aromatic carbocycles. The van der Waals surface area contributed by atoms with Crippen molar-refractivity contribution in [1.82, 2.24) is 16.0 Å². The van der Waals surface area contributed by atoms with E-state index in [4.69, 9.17) is 11.5 Å². The highest BCUT2D eigenvalue weighted by molar-refractivity contribution is 7.80. The Morgan fingerprint density at radius 1 is 0.895 bits per heavy atom. The summed E-state index contributed by atoms with van der Waals surface area (Å²) in [5.41, 5.74) is 11.5. The van der Waals surface area contributed by atoms with Gasteiger partial charge in [0.25, 0.3) is 0 Å². The third-order valence-electron chi connectivity index (χ3n) is 5.82. The Hall–Kier alpha value is -3.68. The SMILES string of the molecule is C[C@@H](O)[C@H](N)C(=O)N[C@@H](CCC(N)=O)C(=O)N[C@@H](Cc1ccc2ccccc2c1)C(=O)N[C@@H](CS)C(=O)O. The van der Waals surface area contributed by atoms with Crippen molar-refractivity contribution in [2.45, 2.75) is 56.5 Å². The van der Waals surface area contributed by atoms with Gasteiger partial charge in [-0.2, -0.15) is 12.6 Å². The minimum absolute atomic E-state index is 0.00894. The minimum Gasteiger partial charge on any atom is -0.480 e. The van der Waals surface area contributed by atoms with Crippen molar-refractivity contribution in [2.24, 2.45) is 11.5 Å². The second kappa shape index (κ2) is 14.3. The van der Waals surface area contributed by atoms with Crippen LogP contribution in [0.25, 0.3) is 10.8 Å². The number of nitrogens with two attached hydrogens (primary N) is 2. The zero-order valence-corrected chi connectivity index (χ0v) is 21.7. The van der Waals surface area contributed by atoms with Crippen LogP contribution in [0.1, 0.15) is 25.3 Å². The van der Waals surface area contributed by atoms with Crippen LogP contribution in [0, 0.1) is 0 Å². The highest BCUT2D eigenvalue weighted by Crippen LogP contribution is 2.17. The third kappa shape index (κ3) is 9.01. The second-order valence-corrected chi connectivity index (χ2v) is 9.23. The molecule has 0 aliphatic heterocycles. The first kappa shape index (κ1) is 30.5. The summed E-state index contributed by atoms with van der Waals surface area (Å²) in [6, 6.07) is 7.78. The lowest BCUT2D eigenvalue weighted by atomic mass is 10.00. The first-order valence-corrected chi connectivity index (χ1v) is 12.5. The molecule has 0 aliphatic rings. The number of aliphatic hydroxyl groups excluding tert-OH is 1. The molecule has 13 heteroatoms. The van der Waals surface area contributed by atoms with E-state index in [2.05, 4.69) is 28.6 Å². The lowest BCUT2D eigenvalue weighted by molar-refractivity contribution is -0.141. The molecule has 38 heavy (non-hydrogen) atoms. The van der Waals surface area contributed by atoms with E-state index in [1.807, 2.05) is 36.4 Å². The van der Waals surface area contributed by atoms with Crippen LogP contribution in [0.2, 0.25) is 0 Å². The van der Waals surface area contributed by atoms with Crippen molar-refractivity contribution in [3.63, 3.8) is 0 Å². The molecule has 2 rings (SSSR count). The van der Waals surface area contributed by atoms with E-state index < -0.39 is 59.9 Å². The molecule has 9 N–H and O–H groups in total. The summed E-state index contributed by atoms with van der Waals surface area (Å²) in [4.78, 5) is 61.5. The number of carbonyl (C=O) groups is 5. The summed E-state index contributed by atoms with van der Waals surface area (Å²) in [5.74, 6) is -4.67. The molecule has 0 heterocycles. The maximum atomic E-state index is 13.2. The molecular weight excluding hydrogens is 514 g/mol. The molecule has 12 nitrogen and oxygen atoms in total. The Bertz CT molecular complexity index is 1180. The number of aliphatic hydroxyl groups is 1. The van der Waals surface area contributed by atoms with Gasteiger partial charge in [0.05, 0.1) is 6.10 Å². The number of carboxylic acid groups (broad SMARTS) is 1. The van der Waals surface area contributed by atoms with E-state index >= 15 is 0 Å². The van der Waals surface area contributed by atoms with Crippen LogP contribution in [0.4, 0.5) is 0 Å². The summed E-state index contributed by atoms with van der Waals surface area (Å²) in [7, 11) is 0. The van der Waals surface area contributed by atoms with E-state index in [1.165, 1.54) is 6.92 Å². The normalized spacial score (nSPS) is 14.9. The maximum absolute atomic E-state index is 13.2. The number of thiol groups is 1. The van der Waals surface area contributed by atoms with E-state index in [9.17, 15) is 34.2 Å². The van der Waals surface area contributed by atoms with Crippen LogP contribution in [-0.2, 0) is 30.4 Å². The van der Waals surface area contributed by atoms with Gasteiger partial charge in [-0.15, -0.1) is 0 Å². The van der Waals surface area contributed by atoms with Gasteiger partial charge < -0.3 is 37.6 Å². The number of fused-ring (bicyclic) bond motifs is 1. The molecule has 0 saturated carbocycles. The summed E-state index contributed by atoms with van der Waals surface area (Å²) in [6.45, 7) is 1.30. The maximum Gasteiger partial charge on any atom is 0.327 e. The first-order valence-electron chi connectivity index (χ1n) is 11.9. The van der Waals surface area contributed by atoms with Gasteiger partial charge in [-0.3, -0.25) is 19.2 Å². The summed E-state index contributed by atoms with van der Waals surface area (Å²) < 4.78 is 0. The fourth-order valence-electron chi connectivity index (χ4n) is 3.58. The lowest BCUT2D eigenvalue weighted by Gasteiger charge is -2.25. The predicted molar refractivity (Wildman–Crippen MR) is 143 cm³/mol. The molecule has 206 valence electrons. The number of hydrogen-bond donors (Lipinski definition) is 8. The molecule has 0 bridgehead atoms. The van der Waals surface area contributed by atoms with Gasteiger partial charge in [-0.25, -0.2) is 4.79 Å². The number of hydrogen-bond acceptors (Lipinski definition) is 8. The Kier molecular flexibility index (Phi) is 11.5. The number of aliphatic carboxylic acids is 1. The number of primary amides is 1. The standard InChI is InChI=1S/C25H33N5O7S/c1-13(31)21(27)24(35)28-17(8-9-20(26)32)22(33)29-18(23(34)30-19(12-38)25(36)37)11-14-6-7-15-4-2-3-5-16(15)10-14/h2-7,10,13,17-19,21,31,38H,8-9,11-12,27H2,1H3,(H2,26,32)(H,28,35)(H,29,33)(H,30,34)(H,36,37)/t13-,17+,18+,19+,21+/m1/s1. The molecule has 5 atom stereocenters. The Balaban J connectivity index is 2.32. The summed E-state index contributed by atoms with van der Waals surface area (Å²) in [5, 5.41) is 28.1. The minimum atomic E-state index is -1.35. The van der Waals surface area contributed by atoms with Gasteiger partial charge in [0.1, 0.15) is 24.2 Å². The van der Waals surface area contributed by atoms with Crippen molar-refractivity contribution in [3.8, 4) is 0 Å². The van der Waals surface area contributed by atoms with Gasteiger partial charge in [0.15, 0.2) is 0 Å². The van der Waals surface area contributed by atoms with Gasteiger partial charge in [0.2, 0.25) is 23.6 Å². The van der Waals surface area contributed by atoms with Crippen LogP contribution < -0.4 is 27.4 Å². The van der Waals surface area contributed by atoms with E-state index in [0.29, 0.717) is 5.56 Å². The second-order valence-electron chi connectivity index (χ2n) is 8.86. The highest BCUT2D eigenvalue weighted by atomic mass is 32.1. The third-order valence-corrected chi connectivity index (χ3v) is 6.18. The average Bonchev–Trinajstić information content (AvgIpc) is 2.87. The van der Waals surface area contributed by atoms with Crippen LogP contribution >= 0.6 is 12.6 Å². The fourth-order valence-corrected chi connectivity index (χ4v) is 3.83. The van der Waals surface area contributed by atoms with E-state index in [0.717, 1.165) is 10.8 Å². The smallest absolute Gasteiger partial charge is 0.327 e. The number of nitrogens with one attached hydrogen (secondary N) is 3. The molecular formula is C25H33N5O7S. The quantitative estimate of drug-likeness (QED) is 0.135. The van der Waals surface area contributed by atoms with E-state index in [1.54, 1.807) is 6.07 Å². The van der Waals surface area contributed by atoms with Gasteiger partial charge >= 0.3 is 5.97 Å². The van der Waals surface area contributed by atoms with Crippen LogP contribution in [0.15, 0.2) is 42.5 Å². The molecule has 2 aromatic rings. The molecule has 0 aliphatic carbocycles.